The fourth-order valence-corrected chi connectivity index (χ4v) is 1.44. The molecule has 80 valence electrons. The number of nitro benzene ring substituents is 1. The molecule has 0 amide bonds. The number of non-ortho nitro benzene ring substituents is 1. The van der Waals surface area contributed by atoms with Crippen molar-refractivity contribution >= 4 is 27.6 Å². The molecule has 7 heteroatoms. The number of nitrogens with zero attached hydrogens (tertiary/aromatic N) is 1. The molecule has 0 unspecified atom stereocenters. The molecule has 0 aliphatic heterocycles. The van der Waals surface area contributed by atoms with E-state index in [4.69, 9.17) is 0 Å². The zero-order chi connectivity index (χ0) is 11.6. The molecule has 5 nitrogen and oxygen atoms in total. The van der Waals surface area contributed by atoms with E-state index >= 15 is 0 Å². The molecule has 1 aromatic carbocycles. The Kier molecular flexibility index (Phi) is 3.35. The highest BCUT2D eigenvalue weighted by molar-refractivity contribution is 9.10. The van der Waals surface area contributed by atoms with Crippen LogP contribution in [0.4, 0.5) is 10.2 Å². The molecule has 0 bridgehead atoms. The lowest BCUT2D eigenvalue weighted by molar-refractivity contribution is -0.385. The van der Waals surface area contributed by atoms with Gasteiger partial charge in [0.15, 0.2) is 0 Å². The first-order chi connectivity index (χ1) is 6.97. The Morgan fingerprint density at radius 3 is 2.67 bits per heavy atom. The highest BCUT2D eigenvalue weighted by atomic mass is 79.9. The number of hydrogen-bond donors (Lipinski definition) is 0. The molecule has 0 saturated heterocycles. The molecule has 1 rings (SSSR count). The molecule has 0 aromatic heterocycles. The summed E-state index contributed by atoms with van der Waals surface area (Å²) in [5.41, 5.74) is -0.0649. The molecule has 0 radical (unpaired) electrons. The van der Waals surface area contributed by atoms with Crippen LogP contribution in [0, 0.1) is 17.0 Å². The highest BCUT2D eigenvalue weighted by Gasteiger charge is 2.19. The maximum Gasteiger partial charge on any atom is 0.380 e. The third-order valence-electron chi connectivity index (χ3n) is 1.74. The van der Waals surface area contributed by atoms with E-state index in [0.29, 0.717) is 5.56 Å². The van der Waals surface area contributed by atoms with Crippen LogP contribution in [0.15, 0.2) is 16.6 Å². The number of carbonyl (C=O) groups excluding carboxylic acids is 1. The second-order valence-electron chi connectivity index (χ2n) is 2.75. The summed E-state index contributed by atoms with van der Waals surface area (Å²) in [6.45, 7) is 1.55. The number of rotatable bonds is 2. The van der Waals surface area contributed by atoms with E-state index in [1.54, 1.807) is 6.92 Å². The number of hydrogen-bond acceptors (Lipinski definition) is 4. The van der Waals surface area contributed by atoms with Crippen molar-refractivity contribution in [2.75, 3.05) is 0 Å². The summed E-state index contributed by atoms with van der Waals surface area (Å²) in [5, 5.41) is 10.5. The van der Waals surface area contributed by atoms with Gasteiger partial charge in [-0.2, -0.15) is 0 Å². The second kappa shape index (κ2) is 4.35. The summed E-state index contributed by atoms with van der Waals surface area (Å²) < 4.78 is 12.0. The normalized spacial score (nSPS) is 9.80. The Labute approximate surface area is 92.0 Å². The van der Waals surface area contributed by atoms with Crippen LogP contribution in [0.1, 0.15) is 15.9 Å². The van der Waals surface area contributed by atoms with Gasteiger partial charge in [0.2, 0.25) is 0 Å². The van der Waals surface area contributed by atoms with E-state index < -0.39 is 10.9 Å². The minimum Gasteiger partial charge on any atom is -0.258 e. The van der Waals surface area contributed by atoms with Crippen LogP contribution in [0.2, 0.25) is 0 Å². The summed E-state index contributed by atoms with van der Waals surface area (Å²) in [6.07, 6.45) is 0. The quantitative estimate of drug-likeness (QED) is 0.616. The van der Waals surface area contributed by atoms with Gasteiger partial charge >= 0.3 is 5.97 Å². The maximum absolute atomic E-state index is 11.7. The molecular formula is C8H5BrFNO4. The van der Waals surface area contributed by atoms with Crippen molar-refractivity contribution in [2.24, 2.45) is 0 Å². The molecule has 0 aliphatic rings. The van der Waals surface area contributed by atoms with Gasteiger partial charge in [-0.05, 0) is 28.4 Å². The lowest BCUT2D eigenvalue weighted by atomic mass is 10.1. The van der Waals surface area contributed by atoms with Crippen molar-refractivity contribution in [1.29, 1.82) is 0 Å². The van der Waals surface area contributed by atoms with E-state index in [1.165, 1.54) is 6.07 Å². The van der Waals surface area contributed by atoms with Gasteiger partial charge < -0.3 is 0 Å². The van der Waals surface area contributed by atoms with Gasteiger partial charge in [-0.1, -0.05) is 0 Å². The summed E-state index contributed by atoms with van der Waals surface area (Å²) in [4.78, 5) is 23.7. The minimum atomic E-state index is -1.27. The Morgan fingerprint density at radius 1 is 1.60 bits per heavy atom. The van der Waals surface area contributed by atoms with E-state index in [9.17, 15) is 19.4 Å². The first kappa shape index (κ1) is 11.6. The molecular weight excluding hydrogens is 273 g/mol. The van der Waals surface area contributed by atoms with E-state index in [-0.39, 0.29) is 15.7 Å². The van der Waals surface area contributed by atoms with Gasteiger partial charge in [0, 0.05) is 21.1 Å². The lowest BCUT2D eigenvalue weighted by Gasteiger charge is -2.03. The molecule has 0 heterocycles. The molecule has 0 atom stereocenters. The van der Waals surface area contributed by atoms with Crippen molar-refractivity contribution in [2.45, 2.75) is 6.92 Å². The first-order valence-electron chi connectivity index (χ1n) is 3.74. The summed E-state index contributed by atoms with van der Waals surface area (Å²) in [6, 6.07) is 2.21. The zero-order valence-electron chi connectivity index (χ0n) is 7.49. The number of halogens is 2. The van der Waals surface area contributed by atoms with Crippen LogP contribution in [0.3, 0.4) is 0 Å². The number of benzene rings is 1. The van der Waals surface area contributed by atoms with Gasteiger partial charge in [-0.15, -0.1) is 0 Å². The molecule has 1 aromatic rings. The van der Waals surface area contributed by atoms with Gasteiger partial charge in [0.25, 0.3) is 5.69 Å². The number of aryl methyl sites for hydroxylation is 1. The monoisotopic (exact) mass is 277 g/mol. The SMILES string of the molecule is Cc1cc([N+](=O)[O-])cc(C(=O)OF)c1Br. The summed E-state index contributed by atoms with van der Waals surface area (Å²) >= 11 is 3.01. The van der Waals surface area contributed by atoms with Crippen LogP contribution < -0.4 is 0 Å². The van der Waals surface area contributed by atoms with Crippen LogP contribution in [-0.4, -0.2) is 10.9 Å². The summed E-state index contributed by atoms with van der Waals surface area (Å²) in [5.74, 6) is -1.27. The highest BCUT2D eigenvalue weighted by Crippen LogP contribution is 2.27. The van der Waals surface area contributed by atoms with E-state index in [1.807, 2.05) is 0 Å². The smallest absolute Gasteiger partial charge is 0.258 e. The molecule has 0 fully saturated rings. The Balaban J connectivity index is 3.37. The zero-order valence-corrected chi connectivity index (χ0v) is 9.08. The number of carbonyl (C=O) groups is 1. The summed E-state index contributed by atoms with van der Waals surface area (Å²) in [7, 11) is 0. The Hall–Kier alpha value is -1.50. The largest absolute Gasteiger partial charge is 0.380 e. The molecule has 0 saturated carbocycles. The Bertz CT molecular complexity index is 435. The minimum absolute atomic E-state index is 0.218. The molecule has 0 N–H and O–H groups in total. The number of nitro groups is 1. The predicted octanol–water partition coefficient (Wildman–Crippen LogP) is 2.71. The lowest BCUT2D eigenvalue weighted by Crippen LogP contribution is -2.02. The van der Waals surface area contributed by atoms with E-state index in [0.717, 1.165) is 6.07 Å². The third kappa shape index (κ3) is 2.30. The second-order valence-corrected chi connectivity index (χ2v) is 3.54. The molecule has 0 aliphatic carbocycles. The third-order valence-corrected chi connectivity index (χ3v) is 2.79. The average Bonchev–Trinajstić information content (AvgIpc) is 2.20. The van der Waals surface area contributed by atoms with Gasteiger partial charge in [-0.25, -0.2) is 9.74 Å². The van der Waals surface area contributed by atoms with Crippen LogP contribution >= 0.6 is 15.9 Å². The fourth-order valence-electron chi connectivity index (χ4n) is 1.05. The van der Waals surface area contributed by atoms with Crippen LogP contribution in [0.5, 0.6) is 0 Å². The molecule has 0 spiro atoms. The van der Waals surface area contributed by atoms with Crippen molar-refractivity contribution in [3.8, 4) is 0 Å². The predicted molar refractivity (Wildman–Crippen MR) is 52.1 cm³/mol. The van der Waals surface area contributed by atoms with Crippen LogP contribution in [0.25, 0.3) is 0 Å². The van der Waals surface area contributed by atoms with Crippen molar-refractivity contribution < 1.29 is 19.2 Å². The van der Waals surface area contributed by atoms with Crippen molar-refractivity contribution in [3.63, 3.8) is 0 Å². The standard InChI is InChI=1S/C8H5BrFNO4/c1-4-2-5(11(13)14)3-6(7(4)9)8(12)15-10/h2-3H,1H3. The van der Waals surface area contributed by atoms with Crippen molar-refractivity contribution in [3.05, 3.63) is 37.8 Å². The van der Waals surface area contributed by atoms with Gasteiger partial charge in [-0.3, -0.25) is 10.1 Å². The molecule has 15 heavy (non-hydrogen) atoms. The van der Waals surface area contributed by atoms with Gasteiger partial charge in [0.1, 0.15) is 0 Å². The van der Waals surface area contributed by atoms with Gasteiger partial charge in [0.05, 0.1) is 10.5 Å². The van der Waals surface area contributed by atoms with E-state index in [2.05, 4.69) is 20.9 Å². The average molecular weight is 278 g/mol. The van der Waals surface area contributed by atoms with Crippen molar-refractivity contribution in [1.82, 2.24) is 0 Å². The first-order valence-corrected chi connectivity index (χ1v) is 4.54. The topological polar surface area (TPSA) is 69.4 Å². The Morgan fingerprint density at radius 2 is 2.20 bits per heavy atom. The fraction of sp³-hybridized carbons (Fsp3) is 0.125. The maximum atomic E-state index is 11.7. The van der Waals surface area contributed by atoms with Crippen LogP contribution in [-0.2, 0) is 4.94 Å².